The van der Waals surface area contributed by atoms with Crippen LogP contribution < -0.4 is 16.4 Å². The lowest BCUT2D eigenvalue weighted by Crippen LogP contribution is -2.39. The van der Waals surface area contributed by atoms with E-state index in [4.69, 9.17) is 10.2 Å². The smallest absolute Gasteiger partial charge is 0.284 e. The number of amides is 2. The Morgan fingerprint density at radius 3 is 2.81 bits per heavy atom. The highest BCUT2D eigenvalue weighted by Crippen LogP contribution is 2.11. The number of furan rings is 1. The summed E-state index contributed by atoms with van der Waals surface area (Å²) in [4.78, 5) is 29.4. The summed E-state index contributed by atoms with van der Waals surface area (Å²) in [6.45, 7) is 5.40. The molecule has 0 aliphatic carbocycles. The van der Waals surface area contributed by atoms with E-state index in [1.165, 1.54) is 0 Å². The van der Waals surface area contributed by atoms with Crippen LogP contribution in [0, 0.1) is 0 Å². The van der Waals surface area contributed by atoms with Gasteiger partial charge in [0.05, 0.1) is 0 Å². The van der Waals surface area contributed by atoms with E-state index in [0.29, 0.717) is 24.7 Å². The number of hydrogen-bond donors (Lipinski definition) is 3. The molecule has 0 unspecified atom stereocenters. The number of carbonyl (C=O) groups excluding carboxylic acids is 2. The Labute approximate surface area is 177 Å². The summed E-state index contributed by atoms with van der Waals surface area (Å²) in [6, 6.07) is 3.24. The van der Waals surface area contributed by atoms with E-state index in [-0.39, 0.29) is 35.6 Å². The van der Waals surface area contributed by atoms with Crippen LogP contribution in [0.5, 0.6) is 0 Å². The number of rotatable bonds is 8. The number of guanidine groups is 1. The van der Waals surface area contributed by atoms with Crippen molar-refractivity contribution in [2.75, 3.05) is 26.2 Å². The van der Waals surface area contributed by atoms with E-state index in [1.54, 1.807) is 12.1 Å². The minimum absolute atomic E-state index is 0. The van der Waals surface area contributed by atoms with Crippen LogP contribution in [-0.4, -0.2) is 48.9 Å². The van der Waals surface area contributed by atoms with Crippen molar-refractivity contribution < 1.29 is 14.0 Å². The molecule has 0 radical (unpaired) electrons. The fourth-order valence-electron chi connectivity index (χ4n) is 2.85. The molecule has 1 aromatic heterocycles. The largest absolute Gasteiger partial charge is 0.454 e. The van der Waals surface area contributed by atoms with Crippen molar-refractivity contribution in [2.24, 2.45) is 10.7 Å². The molecule has 0 aromatic carbocycles. The molecular weight excluding hydrogens is 461 g/mol. The average Bonchev–Trinajstić information content (AvgIpc) is 3.01. The monoisotopic (exact) mass is 491 g/mol. The summed E-state index contributed by atoms with van der Waals surface area (Å²) < 4.78 is 5.32. The Bertz CT molecular complexity index is 632. The normalized spacial score (nSPS) is 15.1. The van der Waals surface area contributed by atoms with Gasteiger partial charge in [0.25, 0.3) is 5.91 Å². The van der Waals surface area contributed by atoms with Crippen molar-refractivity contribution in [3.63, 3.8) is 0 Å². The van der Waals surface area contributed by atoms with E-state index in [2.05, 4.69) is 15.6 Å². The lowest BCUT2D eigenvalue weighted by molar-refractivity contribution is -0.130. The highest BCUT2D eigenvalue weighted by Gasteiger charge is 2.15. The van der Waals surface area contributed by atoms with Gasteiger partial charge in [0.15, 0.2) is 11.7 Å². The molecule has 1 fully saturated rings. The van der Waals surface area contributed by atoms with Crippen molar-refractivity contribution in [1.29, 1.82) is 0 Å². The topological polar surface area (TPSA) is 113 Å². The number of carbonyl (C=O) groups is 2. The van der Waals surface area contributed by atoms with Gasteiger partial charge in [-0.05, 0) is 38.3 Å². The molecule has 2 rings (SSSR count). The lowest BCUT2D eigenvalue weighted by atomic mass is 10.2. The Kier molecular flexibility index (Phi) is 10.8. The second-order valence-electron chi connectivity index (χ2n) is 6.30. The maximum atomic E-state index is 12.0. The minimum atomic E-state index is -0.590. The predicted octanol–water partition coefficient (Wildman–Crippen LogP) is 1.84. The number of halogens is 1. The van der Waals surface area contributed by atoms with Gasteiger partial charge in [0.1, 0.15) is 12.3 Å². The summed E-state index contributed by atoms with van der Waals surface area (Å²) >= 11 is 0. The highest BCUT2D eigenvalue weighted by molar-refractivity contribution is 14.0. The molecule has 2 heterocycles. The molecule has 0 atom stereocenters. The predicted molar refractivity (Wildman–Crippen MR) is 115 cm³/mol. The van der Waals surface area contributed by atoms with Crippen LogP contribution in [0.25, 0.3) is 0 Å². The van der Waals surface area contributed by atoms with Crippen molar-refractivity contribution in [2.45, 2.75) is 45.6 Å². The number of nitrogens with two attached hydrogens (primary N) is 1. The third-order valence-corrected chi connectivity index (χ3v) is 4.21. The highest BCUT2D eigenvalue weighted by atomic mass is 127. The molecular formula is C18H30IN5O3. The minimum Gasteiger partial charge on any atom is -0.454 e. The summed E-state index contributed by atoms with van der Waals surface area (Å²) in [5.41, 5.74) is 5.17. The molecule has 1 saturated heterocycles. The van der Waals surface area contributed by atoms with Crippen LogP contribution in [0.3, 0.4) is 0 Å². The molecule has 27 heavy (non-hydrogen) atoms. The summed E-state index contributed by atoms with van der Waals surface area (Å²) in [5.74, 6) is 1.06. The molecule has 152 valence electrons. The number of nitrogens with zero attached hydrogens (tertiary/aromatic N) is 2. The molecule has 9 heteroatoms. The quantitative estimate of drug-likeness (QED) is 0.222. The molecule has 0 bridgehead atoms. The first-order valence-electron chi connectivity index (χ1n) is 9.28. The van der Waals surface area contributed by atoms with Crippen LogP contribution in [0.4, 0.5) is 0 Å². The molecule has 0 spiro atoms. The summed E-state index contributed by atoms with van der Waals surface area (Å²) in [7, 11) is 0. The van der Waals surface area contributed by atoms with Gasteiger partial charge in [-0.3, -0.25) is 9.59 Å². The van der Waals surface area contributed by atoms with E-state index >= 15 is 0 Å². The second kappa shape index (κ2) is 12.6. The molecule has 8 nitrogen and oxygen atoms in total. The van der Waals surface area contributed by atoms with Gasteiger partial charge in [-0.1, -0.05) is 6.42 Å². The number of likely N-dealkylation sites (tertiary alicyclic amines) is 1. The molecule has 2 amide bonds. The average molecular weight is 491 g/mol. The van der Waals surface area contributed by atoms with Gasteiger partial charge in [-0.25, -0.2) is 4.99 Å². The summed E-state index contributed by atoms with van der Waals surface area (Å²) in [5, 5.41) is 6.42. The Morgan fingerprint density at radius 2 is 2.11 bits per heavy atom. The van der Waals surface area contributed by atoms with Crippen LogP contribution in [0.15, 0.2) is 21.5 Å². The number of aliphatic imine (C=N–C) groups is 1. The molecule has 1 aromatic rings. The first-order valence-corrected chi connectivity index (χ1v) is 9.28. The van der Waals surface area contributed by atoms with E-state index in [0.717, 1.165) is 51.9 Å². The number of primary amides is 1. The lowest BCUT2D eigenvalue weighted by Gasteiger charge is -2.20. The summed E-state index contributed by atoms with van der Waals surface area (Å²) in [6.07, 6.45) is 4.79. The molecule has 4 N–H and O–H groups in total. The van der Waals surface area contributed by atoms with E-state index in [9.17, 15) is 9.59 Å². The van der Waals surface area contributed by atoms with E-state index < -0.39 is 5.91 Å². The van der Waals surface area contributed by atoms with Gasteiger partial charge in [0, 0.05) is 32.6 Å². The van der Waals surface area contributed by atoms with Gasteiger partial charge in [-0.15, -0.1) is 24.0 Å². The fraction of sp³-hybridized carbons (Fsp3) is 0.611. The second-order valence-corrected chi connectivity index (χ2v) is 6.30. The zero-order chi connectivity index (χ0) is 18.8. The Morgan fingerprint density at radius 1 is 1.30 bits per heavy atom. The van der Waals surface area contributed by atoms with Crippen molar-refractivity contribution in [3.05, 3.63) is 23.7 Å². The van der Waals surface area contributed by atoms with E-state index in [1.807, 2.05) is 11.8 Å². The van der Waals surface area contributed by atoms with Crippen LogP contribution in [-0.2, 0) is 11.3 Å². The van der Waals surface area contributed by atoms with Gasteiger partial charge in [0.2, 0.25) is 5.91 Å². The third kappa shape index (κ3) is 8.19. The molecule has 0 saturated carbocycles. The van der Waals surface area contributed by atoms with Crippen molar-refractivity contribution in [3.8, 4) is 0 Å². The first kappa shape index (κ1) is 23.3. The fourth-order valence-corrected chi connectivity index (χ4v) is 2.85. The zero-order valence-corrected chi connectivity index (χ0v) is 18.2. The number of hydrogen-bond acceptors (Lipinski definition) is 4. The number of nitrogens with one attached hydrogen (secondary N) is 2. The molecule has 1 aliphatic rings. The van der Waals surface area contributed by atoms with Crippen LogP contribution in [0.1, 0.15) is 55.3 Å². The zero-order valence-electron chi connectivity index (χ0n) is 15.8. The molecule has 1 aliphatic heterocycles. The van der Waals surface area contributed by atoms with Crippen LogP contribution >= 0.6 is 24.0 Å². The van der Waals surface area contributed by atoms with Crippen LogP contribution in [0.2, 0.25) is 0 Å². The third-order valence-electron chi connectivity index (χ3n) is 4.21. The Hall–Kier alpha value is -1.78. The van der Waals surface area contributed by atoms with Crippen molar-refractivity contribution >= 4 is 41.8 Å². The Balaban J connectivity index is 0.00000364. The maximum Gasteiger partial charge on any atom is 0.284 e. The van der Waals surface area contributed by atoms with Crippen molar-refractivity contribution in [1.82, 2.24) is 15.5 Å². The maximum absolute atomic E-state index is 12.0. The first-order chi connectivity index (χ1) is 12.6. The standard InChI is InChI=1S/C18H29N5O3.HI/c1-2-20-18(22-13-14-8-9-15(26-14)17(19)25)21-10-6-12-23-11-5-3-4-7-16(23)24;/h8-9H,2-7,10-13H2,1H3,(H2,19,25)(H2,20,21,22);1H. The van der Waals surface area contributed by atoms with Gasteiger partial charge < -0.3 is 25.7 Å². The van der Waals surface area contributed by atoms with Gasteiger partial charge in [-0.2, -0.15) is 0 Å². The SMILES string of the molecule is CCNC(=NCc1ccc(C(N)=O)o1)NCCCN1CCCCCC1=O.I. The van der Waals surface area contributed by atoms with Gasteiger partial charge >= 0.3 is 0 Å².